The van der Waals surface area contributed by atoms with E-state index in [0.717, 1.165) is 36.2 Å². The first-order chi connectivity index (χ1) is 15.2. The van der Waals surface area contributed by atoms with Crippen LogP contribution in [0.15, 0.2) is 53.7 Å². The predicted octanol–water partition coefficient (Wildman–Crippen LogP) is 3.01. The van der Waals surface area contributed by atoms with Crippen molar-refractivity contribution in [3.8, 4) is 22.7 Å². The molecule has 9 heteroatoms. The fraction of sp³-hybridized carbons (Fsp3) is 0.318. The van der Waals surface area contributed by atoms with Crippen LogP contribution in [-0.4, -0.2) is 42.9 Å². The Labute approximate surface area is 178 Å². The molecule has 156 valence electrons. The molecule has 0 bridgehead atoms. The molecule has 1 saturated heterocycles. The summed E-state index contributed by atoms with van der Waals surface area (Å²) < 4.78 is 12.9. The van der Waals surface area contributed by atoms with E-state index in [1.165, 1.54) is 5.56 Å². The quantitative estimate of drug-likeness (QED) is 0.528. The lowest BCUT2D eigenvalue weighted by molar-refractivity contribution is -0.0233. The normalized spacial score (nSPS) is 17.8. The van der Waals surface area contributed by atoms with E-state index >= 15 is 0 Å². The summed E-state index contributed by atoms with van der Waals surface area (Å²) in [5.74, 6) is 1.45. The lowest BCUT2D eigenvalue weighted by Gasteiger charge is -2.39. The summed E-state index contributed by atoms with van der Waals surface area (Å²) in [6.45, 7) is 1.43. The van der Waals surface area contributed by atoms with Crippen LogP contribution in [0.5, 0.6) is 0 Å². The smallest absolute Gasteiger partial charge is 0.278 e. The number of hydrogen-bond acceptors (Lipinski definition) is 8. The number of hydrogen-bond donors (Lipinski definition) is 1. The van der Waals surface area contributed by atoms with Gasteiger partial charge in [-0.2, -0.15) is 4.98 Å². The summed E-state index contributed by atoms with van der Waals surface area (Å²) in [4.78, 5) is 17.3. The van der Waals surface area contributed by atoms with Crippen molar-refractivity contribution in [2.45, 2.75) is 30.7 Å². The molecule has 6 rings (SSSR count). The Balaban J connectivity index is 1.28. The number of nitrogen functional groups attached to an aromatic ring is 1. The lowest BCUT2D eigenvalue weighted by atomic mass is 9.64. The van der Waals surface area contributed by atoms with Crippen molar-refractivity contribution >= 4 is 5.95 Å². The standard InChI is InChI=1S/C22H21N7O2/c23-21-24-8-15(9-25-21)14-2-4-16(5-3-14)22(6-1-7-22)20-27-19(31-28-20)18-10-29(13-26-18)17-11-30-12-17/h2-5,8-10,13,17H,1,6-7,11-12H2,(H2,23,24,25). The summed E-state index contributed by atoms with van der Waals surface area (Å²) in [6, 6.07) is 8.76. The molecule has 0 atom stereocenters. The zero-order valence-electron chi connectivity index (χ0n) is 16.8. The molecule has 3 aromatic heterocycles. The van der Waals surface area contributed by atoms with E-state index in [9.17, 15) is 0 Å². The molecule has 9 nitrogen and oxygen atoms in total. The fourth-order valence-corrected chi connectivity index (χ4v) is 4.20. The van der Waals surface area contributed by atoms with Gasteiger partial charge < -0.3 is 19.6 Å². The van der Waals surface area contributed by atoms with Crippen molar-refractivity contribution < 1.29 is 9.26 Å². The average Bonchev–Trinajstić information content (AvgIpc) is 3.38. The van der Waals surface area contributed by atoms with E-state index in [1.54, 1.807) is 18.7 Å². The van der Waals surface area contributed by atoms with Gasteiger partial charge in [0.25, 0.3) is 5.89 Å². The van der Waals surface area contributed by atoms with Crippen LogP contribution in [0, 0.1) is 0 Å². The Bertz CT molecular complexity index is 1210. The highest BCUT2D eigenvalue weighted by Gasteiger charge is 2.44. The zero-order chi connectivity index (χ0) is 20.8. The number of rotatable bonds is 5. The number of nitrogens with two attached hydrogens (primary N) is 1. The maximum absolute atomic E-state index is 5.61. The van der Waals surface area contributed by atoms with Gasteiger partial charge in [0.05, 0.1) is 31.0 Å². The minimum Gasteiger partial charge on any atom is -0.377 e. The van der Waals surface area contributed by atoms with Crippen LogP contribution >= 0.6 is 0 Å². The second-order valence-electron chi connectivity index (χ2n) is 8.16. The van der Waals surface area contributed by atoms with Crippen molar-refractivity contribution in [1.29, 1.82) is 0 Å². The topological polar surface area (TPSA) is 118 Å². The first kappa shape index (κ1) is 18.2. The van der Waals surface area contributed by atoms with Crippen molar-refractivity contribution in [2.24, 2.45) is 0 Å². The summed E-state index contributed by atoms with van der Waals surface area (Å²) in [7, 11) is 0. The first-order valence-electron chi connectivity index (χ1n) is 10.4. The molecule has 4 aromatic rings. The number of nitrogens with zero attached hydrogens (tertiary/aromatic N) is 6. The van der Waals surface area contributed by atoms with Crippen molar-refractivity contribution in [2.75, 3.05) is 18.9 Å². The predicted molar refractivity (Wildman–Crippen MR) is 112 cm³/mol. The van der Waals surface area contributed by atoms with Gasteiger partial charge in [-0.25, -0.2) is 15.0 Å². The van der Waals surface area contributed by atoms with Gasteiger partial charge in [-0.3, -0.25) is 0 Å². The van der Waals surface area contributed by atoms with Crippen molar-refractivity contribution in [3.05, 3.63) is 60.6 Å². The Morgan fingerprint density at radius 3 is 2.42 bits per heavy atom. The largest absolute Gasteiger partial charge is 0.377 e. The van der Waals surface area contributed by atoms with Crippen LogP contribution in [0.1, 0.15) is 36.7 Å². The van der Waals surface area contributed by atoms with E-state index in [2.05, 4.69) is 44.4 Å². The Kier molecular flexibility index (Phi) is 4.10. The zero-order valence-corrected chi connectivity index (χ0v) is 16.8. The minimum absolute atomic E-state index is 0.220. The molecule has 31 heavy (non-hydrogen) atoms. The molecule has 0 unspecified atom stereocenters. The van der Waals surface area contributed by atoms with Gasteiger partial charge >= 0.3 is 0 Å². The van der Waals surface area contributed by atoms with Crippen molar-refractivity contribution in [1.82, 2.24) is 29.7 Å². The third-order valence-corrected chi connectivity index (χ3v) is 6.37. The highest BCUT2D eigenvalue weighted by molar-refractivity contribution is 5.63. The SMILES string of the molecule is Nc1ncc(-c2ccc(C3(c4noc(-c5cn(C6COC6)cn5)n4)CCC3)cc2)cn1. The molecule has 1 aliphatic heterocycles. The van der Waals surface area contributed by atoms with E-state index in [0.29, 0.717) is 30.8 Å². The van der Waals surface area contributed by atoms with Crippen LogP contribution in [0.3, 0.4) is 0 Å². The highest BCUT2D eigenvalue weighted by Crippen LogP contribution is 2.48. The van der Waals surface area contributed by atoms with Crippen LogP contribution < -0.4 is 5.73 Å². The molecule has 1 aromatic carbocycles. The van der Waals surface area contributed by atoms with E-state index in [-0.39, 0.29) is 11.4 Å². The number of anilines is 1. The van der Waals surface area contributed by atoms with Crippen LogP contribution in [0.4, 0.5) is 5.95 Å². The number of ether oxygens (including phenoxy) is 1. The van der Waals surface area contributed by atoms with Crippen LogP contribution in [-0.2, 0) is 10.2 Å². The van der Waals surface area contributed by atoms with E-state index in [4.69, 9.17) is 20.0 Å². The molecule has 0 amide bonds. The second kappa shape index (κ2) is 6.98. The number of benzene rings is 1. The molecule has 0 spiro atoms. The molecule has 2 aliphatic rings. The molecule has 1 aliphatic carbocycles. The molecular formula is C22H21N7O2. The van der Waals surface area contributed by atoms with E-state index in [1.807, 2.05) is 10.8 Å². The van der Waals surface area contributed by atoms with Crippen molar-refractivity contribution in [3.63, 3.8) is 0 Å². The molecular weight excluding hydrogens is 394 g/mol. The maximum atomic E-state index is 5.61. The first-order valence-corrected chi connectivity index (χ1v) is 10.4. The molecule has 2 N–H and O–H groups in total. The third-order valence-electron chi connectivity index (χ3n) is 6.37. The van der Waals surface area contributed by atoms with E-state index < -0.39 is 0 Å². The fourth-order valence-electron chi connectivity index (χ4n) is 4.20. The summed E-state index contributed by atoms with van der Waals surface area (Å²) in [5, 5.41) is 4.35. The maximum Gasteiger partial charge on any atom is 0.278 e. The highest BCUT2D eigenvalue weighted by atomic mass is 16.5. The molecule has 1 saturated carbocycles. The van der Waals surface area contributed by atoms with Gasteiger partial charge in [0.1, 0.15) is 5.69 Å². The Hall–Kier alpha value is -3.59. The number of imidazole rings is 1. The van der Waals surface area contributed by atoms with Gasteiger partial charge in [-0.1, -0.05) is 35.8 Å². The second-order valence-corrected chi connectivity index (χ2v) is 8.16. The average molecular weight is 415 g/mol. The summed E-state index contributed by atoms with van der Waals surface area (Å²) >= 11 is 0. The van der Waals surface area contributed by atoms with Crippen LogP contribution in [0.25, 0.3) is 22.7 Å². The van der Waals surface area contributed by atoms with Gasteiger partial charge in [0.15, 0.2) is 5.82 Å². The third kappa shape index (κ3) is 3.00. The number of aromatic nitrogens is 6. The van der Waals surface area contributed by atoms with Gasteiger partial charge in [0, 0.05) is 24.2 Å². The molecule has 2 fully saturated rings. The molecule has 0 radical (unpaired) electrons. The summed E-state index contributed by atoms with van der Waals surface area (Å²) in [5.41, 5.74) is 9.21. The molecule has 4 heterocycles. The van der Waals surface area contributed by atoms with Gasteiger partial charge in [-0.05, 0) is 24.0 Å². The monoisotopic (exact) mass is 415 g/mol. The Morgan fingerprint density at radius 2 is 1.77 bits per heavy atom. The lowest BCUT2D eigenvalue weighted by Crippen LogP contribution is -2.36. The Morgan fingerprint density at radius 1 is 1.00 bits per heavy atom. The van der Waals surface area contributed by atoms with Crippen LogP contribution in [0.2, 0.25) is 0 Å². The minimum atomic E-state index is -0.220. The summed E-state index contributed by atoms with van der Waals surface area (Å²) in [6.07, 6.45) is 10.3. The van der Waals surface area contributed by atoms with Gasteiger partial charge in [0.2, 0.25) is 5.95 Å². The van der Waals surface area contributed by atoms with Gasteiger partial charge in [-0.15, -0.1) is 0 Å².